The Morgan fingerprint density at radius 1 is 1.00 bits per heavy atom. The minimum Gasteiger partial charge on any atom is -0.324 e. The average molecular weight is 170 g/mol. The predicted molar refractivity (Wildman–Crippen MR) is 54.2 cm³/mol. The van der Waals surface area contributed by atoms with Gasteiger partial charge in [0, 0.05) is 12.8 Å². The van der Waals surface area contributed by atoms with E-state index >= 15 is 0 Å². The molecule has 72 valence electrons. The molecule has 0 radical (unpaired) electrons. The van der Waals surface area contributed by atoms with Crippen molar-refractivity contribution in [2.45, 2.75) is 46.0 Å². The number of hydrogen-bond acceptors (Lipinski definition) is 0. The third-order valence-corrected chi connectivity index (χ3v) is 3.42. The maximum absolute atomic E-state index is 2.36. The molecule has 1 rings (SSSR count). The zero-order valence-corrected chi connectivity index (χ0v) is 8.81. The fourth-order valence-electron chi connectivity index (χ4n) is 2.40. The van der Waals surface area contributed by atoms with Gasteiger partial charge in [-0.15, -0.1) is 0 Å². The first-order valence-electron chi connectivity index (χ1n) is 5.68. The van der Waals surface area contributed by atoms with Crippen LogP contribution in [0, 0.1) is 0 Å². The number of nitrogens with zero attached hydrogens (tertiary/aromatic N) is 1. The molecule has 0 aromatic heterocycles. The molecule has 0 aliphatic carbocycles. The van der Waals surface area contributed by atoms with Crippen LogP contribution in [0.3, 0.4) is 0 Å². The van der Waals surface area contributed by atoms with Crippen LogP contribution < -0.4 is 0 Å². The van der Waals surface area contributed by atoms with Crippen LogP contribution >= 0.6 is 0 Å². The van der Waals surface area contributed by atoms with Gasteiger partial charge in [0.15, 0.2) is 0 Å². The quantitative estimate of drug-likeness (QED) is 0.439. The normalized spacial score (nSPS) is 21.5. The van der Waals surface area contributed by atoms with Crippen molar-refractivity contribution in [3.63, 3.8) is 0 Å². The van der Waals surface area contributed by atoms with Crippen molar-refractivity contribution in [1.29, 1.82) is 0 Å². The van der Waals surface area contributed by atoms with Crippen molar-refractivity contribution >= 4 is 0 Å². The van der Waals surface area contributed by atoms with Gasteiger partial charge in [0.05, 0.1) is 26.2 Å². The van der Waals surface area contributed by atoms with Crippen LogP contribution in [0.1, 0.15) is 46.0 Å². The Bertz CT molecular complexity index is 114. The molecule has 0 atom stereocenters. The molecule has 1 aliphatic rings. The summed E-state index contributed by atoms with van der Waals surface area (Å²) in [5.41, 5.74) is 0. The summed E-state index contributed by atoms with van der Waals surface area (Å²) in [5, 5.41) is 0. The van der Waals surface area contributed by atoms with Crippen LogP contribution in [0.5, 0.6) is 0 Å². The Balaban J connectivity index is 2.24. The minimum absolute atomic E-state index is 1.36. The second-order valence-corrected chi connectivity index (χ2v) is 4.24. The third-order valence-electron chi connectivity index (χ3n) is 3.42. The van der Waals surface area contributed by atoms with E-state index in [9.17, 15) is 0 Å². The molecule has 0 saturated carbocycles. The molecule has 1 aliphatic heterocycles. The highest BCUT2D eigenvalue weighted by molar-refractivity contribution is 4.54. The molecule has 1 heteroatoms. The van der Waals surface area contributed by atoms with Crippen molar-refractivity contribution in [3.05, 3.63) is 0 Å². The third kappa shape index (κ3) is 2.48. The molecular weight excluding hydrogens is 146 g/mol. The lowest BCUT2D eigenvalue weighted by Crippen LogP contribution is -2.45. The monoisotopic (exact) mass is 170 g/mol. The Morgan fingerprint density at radius 3 is 2.17 bits per heavy atom. The van der Waals surface area contributed by atoms with Crippen LogP contribution in [-0.2, 0) is 0 Å². The van der Waals surface area contributed by atoms with Gasteiger partial charge in [-0.25, -0.2) is 0 Å². The van der Waals surface area contributed by atoms with E-state index in [0.717, 1.165) is 0 Å². The Kier molecular flexibility index (Phi) is 4.07. The zero-order valence-electron chi connectivity index (χ0n) is 8.81. The fraction of sp³-hybridized carbons (Fsp3) is 1.00. The molecule has 0 aromatic rings. The lowest BCUT2D eigenvalue weighted by atomic mass is 10.2. The Labute approximate surface area is 77.4 Å². The molecule has 0 spiro atoms. The number of likely N-dealkylation sites (tertiary alicyclic amines) is 1. The molecule has 1 heterocycles. The maximum Gasteiger partial charge on any atom is 0.0788 e. The van der Waals surface area contributed by atoms with Gasteiger partial charge in [-0.2, -0.15) is 0 Å². The predicted octanol–water partition coefficient (Wildman–Crippen LogP) is 2.81. The zero-order chi connectivity index (χ0) is 8.86. The summed E-state index contributed by atoms with van der Waals surface area (Å²) in [7, 11) is 0. The van der Waals surface area contributed by atoms with Gasteiger partial charge in [0.25, 0.3) is 0 Å². The van der Waals surface area contributed by atoms with E-state index in [-0.39, 0.29) is 0 Å². The van der Waals surface area contributed by atoms with E-state index in [1.165, 1.54) is 62.8 Å². The van der Waals surface area contributed by atoms with Crippen molar-refractivity contribution in [3.8, 4) is 0 Å². The van der Waals surface area contributed by atoms with E-state index in [0.29, 0.717) is 0 Å². The van der Waals surface area contributed by atoms with Crippen molar-refractivity contribution in [2.24, 2.45) is 0 Å². The van der Waals surface area contributed by atoms with E-state index in [4.69, 9.17) is 0 Å². The average Bonchev–Trinajstić information content (AvgIpc) is 2.55. The highest BCUT2D eigenvalue weighted by Crippen LogP contribution is 2.20. The van der Waals surface area contributed by atoms with Gasteiger partial charge in [-0.1, -0.05) is 13.3 Å². The van der Waals surface area contributed by atoms with Crippen molar-refractivity contribution in [2.75, 3.05) is 26.2 Å². The van der Waals surface area contributed by atoms with Crippen LogP contribution in [0.15, 0.2) is 0 Å². The number of rotatable bonds is 5. The maximum atomic E-state index is 2.36. The second kappa shape index (κ2) is 4.86. The summed E-state index contributed by atoms with van der Waals surface area (Å²) in [5.74, 6) is 0. The largest absolute Gasteiger partial charge is 0.324 e. The van der Waals surface area contributed by atoms with Gasteiger partial charge in [0.1, 0.15) is 0 Å². The molecule has 0 amide bonds. The molecule has 12 heavy (non-hydrogen) atoms. The smallest absolute Gasteiger partial charge is 0.0788 e. The SMILES string of the molecule is CCCCC[N+]1(CC)CCCC1. The molecule has 0 N–H and O–H groups in total. The molecule has 0 unspecified atom stereocenters. The lowest BCUT2D eigenvalue weighted by molar-refractivity contribution is -0.915. The van der Waals surface area contributed by atoms with E-state index in [2.05, 4.69) is 13.8 Å². The first-order chi connectivity index (χ1) is 5.83. The number of unbranched alkanes of at least 4 members (excludes halogenated alkanes) is 2. The van der Waals surface area contributed by atoms with Gasteiger partial charge in [-0.05, 0) is 19.8 Å². The Morgan fingerprint density at radius 2 is 1.67 bits per heavy atom. The highest BCUT2D eigenvalue weighted by atomic mass is 15.4. The standard InChI is InChI=1S/C11H24N/c1-3-5-6-9-12(4-2)10-7-8-11-12/h3-11H2,1-2H3/q+1. The lowest BCUT2D eigenvalue weighted by Gasteiger charge is -2.33. The minimum atomic E-state index is 1.36. The summed E-state index contributed by atoms with van der Waals surface area (Å²) in [6.07, 6.45) is 7.19. The summed E-state index contributed by atoms with van der Waals surface area (Å²) in [4.78, 5) is 0. The Hall–Kier alpha value is -0.0400. The van der Waals surface area contributed by atoms with Crippen LogP contribution in [0.4, 0.5) is 0 Å². The van der Waals surface area contributed by atoms with Crippen LogP contribution in [0.2, 0.25) is 0 Å². The van der Waals surface area contributed by atoms with Crippen molar-refractivity contribution in [1.82, 2.24) is 0 Å². The highest BCUT2D eigenvalue weighted by Gasteiger charge is 2.28. The van der Waals surface area contributed by atoms with Crippen LogP contribution in [-0.4, -0.2) is 30.7 Å². The van der Waals surface area contributed by atoms with Crippen LogP contribution in [0.25, 0.3) is 0 Å². The topological polar surface area (TPSA) is 0 Å². The molecule has 1 nitrogen and oxygen atoms in total. The van der Waals surface area contributed by atoms with Gasteiger partial charge in [-0.3, -0.25) is 0 Å². The molecule has 0 aromatic carbocycles. The summed E-state index contributed by atoms with van der Waals surface area (Å²) < 4.78 is 1.43. The van der Waals surface area contributed by atoms with E-state index in [1.54, 1.807) is 0 Å². The van der Waals surface area contributed by atoms with Gasteiger partial charge in [0.2, 0.25) is 0 Å². The van der Waals surface area contributed by atoms with Gasteiger partial charge < -0.3 is 4.48 Å². The first kappa shape index (κ1) is 10.0. The second-order valence-electron chi connectivity index (χ2n) is 4.24. The van der Waals surface area contributed by atoms with Gasteiger partial charge >= 0.3 is 0 Å². The van der Waals surface area contributed by atoms with E-state index < -0.39 is 0 Å². The molecule has 1 saturated heterocycles. The van der Waals surface area contributed by atoms with E-state index in [1.807, 2.05) is 0 Å². The summed E-state index contributed by atoms with van der Waals surface area (Å²) >= 11 is 0. The molecule has 1 fully saturated rings. The molecule has 0 bridgehead atoms. The first-order valence-corrected chi connectivity index (χ1v) is 5.68. The van der Waals surface area contributed by atoms with Crippen molar-refractivity contribution < 1.29 is 4.48 Å². The number of hydrogen-bond donors (Lipinski definition) is 0. The summed E-state index contributed by atoms with van der Waals surface area (Å²) in [6.45, 7) is 10.4. The summed E-state index contributed by atoms with van der Waals surface area (Å²) in [6, 6.07) is 0. The number of quaternary nitrogens is 1. The molecular formula is C11H24N+. The fourth-order valence-corrected chi connectivity index (χ4v) is 2.40.